The molecule has 1 aliphatic heterocycles. The molecule has 0 atom stereocenters. The second kappa shape index (κ2) is 7.50. The van der Waals surface area contributed by atoms with Gasteiger partial charge in [0, 0.05) is 65.5 Å². The van der Waals surface area contributed by atoms with Crippen molar-refractivity contribution in [2.45, 2.75) is 0 Å². The molecule has 0 aliphatic carbocycles. The number of aromatic nitrogens is 1. The summed E-state index contributed by atoms with van der Waals surface area (Å²) in [4.78, 5) is 34.0. The molecule has 1 aromatic carbocycles. The Morgan fingerprint density at radius 3 is 2.59 bits per heavy atom. The number of hydrogen-bond donors (Lipinski definition) is 1. The molecule has 0 radical (unpaired) electrons. The molecule has 7 heteroatoms. The Balaban J connectivity index is 1.37. The molecule has 0 spiro atoms. The van der Waals surface area contributed by atoms with Gasteiger partial charge in [0.25, 0.3) is 5.91 Å². The lowest BCUT2D eigenvalue weighted by Crippen LogP contribution is -2.48. The fraction of sp³-hybridized carbons (Fsp3) is 0.182. The third-order valence-electron chi connectivity index (χ3n) is 5.36. The van der Waals surface area contributed by atoms with Crippen molar-refractivity contribution >= 4 is 51.0 Å². The van der Waals surface area contributed by atoms with E-state index in [1.165, 1.54) is 17.0 Å². The Morgan fingerprint density at radius 1 is 1.00 bits per heavy atom. The van der Waals surface area contributed by atoms with Crippen molar-refractivity contribution in [1.82, 2.24) is 9.88 Å². The highest BCUT2D eigenvalue weighted by atomic mass is 32.1. The molecule has 0 unspecified atom stereocenters. The van der Waals surface area contributed by atoms with Crippen molar-refractivity contribution < 1.29 is 9.59 Å². The number of nitrogens with zero attached hydrogens (tertiary/aromatic N) is 2. The molecule has 146 valence electrons. The molecule has 1 aliphatic rings. The molecule has 1 fully saturated rings. The number of nitrogens with one attached hydrogen (secondary N) is 1. The molecule has 4 aromatic rings. The van der Waals surface area contributed by atoms with E-state index in [9.17, 15) is 9.59 Å². The largest absolute Gasteiger partial charge is 0.367 e. The number of fused-ring (bicyclic) bond motifs is 1. The van der Waals surface area contributed by atoms with E-state index in [0.717, 1.165) is 24.0 Å². The number of carbonyl (C=O) groups is 2. The third kappa shape index (κ3) is 3.36. The van der Waals surface area contributed by atoms with Crippen LogP contribution in [0.4, 0.5) is 5.69 Å². The Hall–Kier alpha value is -2.90. The number of rotatable bonds is 4. The van der Waals surface area contributed by atoms with Crippen molar-refractivity contribution in [3.05, 3.63) is 74.7 Å². The number of amides is 1. The summed E-state index contributed by atoms with van der Waals surface area (Å²) in [5.74, 6) is 0.00724. The minimum absolute atomic E-state index is 0.0137. The molecule has 1 N–H and O–H groups in total. The molecule has 1 saturated heterocycles. The predicted octanol–water partition coefficient (Wildman–Crippen LogP) is 4.48. The lowest BCUT2D eigenvalue weighted by atomic mass is 10.0. The van der Waals surface area contributed by atoms with Crippen molar-refractivity contribution in [3.63, 3.8) is 0 Å². The van der Waals surface area contributed by atoms with E-state index in [1.54, 1.807) is 17.5 Å². The zero-order valence-electron chi connectivity index (χ0n) is 15.6. The van der Waals surface area contributed by atoms with Gasteiger partial charge in [0.05, 0.1) is 4.88 Å². The number of ketones is 1. The van der Waals surface area contributed by atoms with Crippen LogP contribution in [0.2, 0.25) is 0 Å². The van der Waals surface area contributed by atoms with Gasteiger partial charge in [-0.25, -0.2) is 0 Å². The molecule has 0 bridgehead atoms. The fourth-order valence-corrected chi connectivity index (χ4v) is 5.11. The van der Waals surface area contributed by atoms with Crippen LogP contribution in [0.1, 0.15) is 25.6 Å². The van der Waals surface area contributed by atoms with Gasteiger partial charge in [-0.05, 0) is 41.1 Å². The van der Waals surface area contributed by atoms with Crippen LogP contribution in [0, 0.1) is 0 Å². The lowest BCUT2D eigenvalue weighted by Gasteiger charge is -2.35. The van der Waals surface area contributed by atoms with Crippen LogP contribution in [-0.4, -0.2) is 47.8 Å². The minimum atomic E-state index is -0.0137. The Bertz CT molecular complexity index is 1150. The normalized spacial score (nSPS) is 14.5. The van der Waals surface area contributed by atoms with E-state index >= 15 is 0 Å². The first kappa shape index (κ1) is 18.1. The van der Waals surface area contributed by atoms with Crippen molar-refractivity contribution in [2.24, 2.45) is 0 Å². The molecule has 0 saturated carbocycles. The fourth-order valence-electron chi connectivity index (χ4n) is 3.77. The van der Waals surface area contributed by atoms with Crippen LogP contribution < -0.4 is 4.90 Å². The molecule has 3 aromatic heterocycles. The molecule has 5 nitrogen and oxygen atoms in total. The van der Waals surface area contributed by atoms with Crippen molar-refractivity contribution in [3.8, 4) is 0 Å². The zero-order valence-corrected chi connectivity index (χ0v) is 17.3. The number of thiophene rings is 2. The average molecular weight is 422 g/mol. The van der Waals surface area contributed by atoms with Gasteiger partial charge >= 0.3 is 0 Å². The highest BCUT2D eigenvalue weighted by molar-refractivity contribution is 7.12. The SMILES string of the molecule is O=C(c1cccs1)c1c[nH]c2ccc(C(=O)N3CCN(c4ccsc4)CC3)cc12. The number of carbonyl (C=O) groups excluding carboxylic acids is 2. The number of anilines is 1. The van der Waals surface area contributed by atoms with E-state index in [4.69, 9.17) is 0 Å². The molecule has 4 heterocycles. The molecule has 5 rings (SSSR count). The van der Waals surface area contributed by atoms with Gasteiger partial charge in [-0.15, -0.1) is 11.3 Å². The predicted molar refractivity (Wildman–Crippen MR) is 118 cm³/mol. The summed E-state index contributed by atoms with van der Waals surface area (Å²) in [6.45, 7) is 3.05. The smallest absolute Gasteiger partial charge is 0.253 e. The van der Waals surface area contributed by atoms with Gasteiger partial charge in [0.15, 0.2) is 0 Å². The molecule has 1 amide bonds. The first-order chi connectivity index (χ1) is 14.2. The first-order valence-electron chi connectivity index (χ1n) is 9.46. The second-order valence-corrected chi connectivity index (χ2v) is 8.76. The number of hydrogen-bond acceptors (Lipinski definition) is 5. The Kier molecular flexibility index (Phi) is 4.69. The average Bonchev–Trinajstić information content (AvgIpc) is 3.54. The third-order valence-corrected chi connectivity index (χ3v) is 6.90. The minimum Gasteiger partial charge on any atom is -0.367 e. The van der Waals surface area contributed by atoms with E-state index in [1.807, 2.05) is 40.6 Å². The van der Waals surface area contributed by atoms with Crippen LogP contribution in [0.15, 0.2) is 58.7 Å². The van der Waals surface area contributed by atoms with Gasteiger partial charge < -0.3 is 14.8 Å². The van der Waals surface area contributed by atoms with Gasteiger partial charge in [0.2, 0.25) is 5.78 Å². The quantitative estimate of drug-likeness (QED) is 0.494. The topological polar surface area (TPSA) is 56.4 Å². The summed E-state index contributed by atoms with van der Waals surface area (Å²) in [7, 11) is 0. The summed E-state index contributed by atoms with van der Waals surface area (Å²) < 4.78 is 0. The van der Waals surface area contributed by atoms with Crippen LogP contribution in [0.5, 0.6) is 0 Å². The standard InChI is InChI=1S/C22H19N3O2S2/c26-21(20-2-1-10-29-20)18-13-23-19-4-3-15(12-17(18)19)22(27)25-8-6-24(7-9-25)16-5-11-28-14-16/h1-5,10-14,23H,6-9H2. The maximum Gasteiger partial charge on any atom is 0.253 e. The van der Waals surface area contributed by atoms with E-state index in [2.05, 4.69) is 26.7 Å². The van der Waals surface area contributed by atoms with Crippen LogP contribution in [0.25, 0.3) is 10.9 Å². The number of piperazine rings is 1. The summed E-state index contributed by atoms with van der Waals surface area (Å²) in [5, 5.41) is 6.91. The van der Waals surface area contributed by atoms with Crippen molar-refractivity contribution in [1.29, 1.82) is 0 Å². The Morgan fingerprint density at radius 2 is 1.86 bits per heavy atom. The first-order valence-corrected chi connectivity index (χ1v) is 11.3. The maximum atomic E-state index is 13.1. The molecular weight excluding hydrogens is 402 g/mol. The van der Waals surface area contributed by atoms with Gasteiger partial charge in [-0.1, -0.05) is 6.07 Å². The van der Waals surface area contributed by atoms with Gasteiger partial charge in [-0.3, -0.25) is 9.59 Å². The Labute approximate surface area is 176 Å². The lowest BCUT2D eigenvalue weighted by molar-refractivity contribution is 0.0746. The van der Waals surface area contributed by atoms with E-state index in [-0.39, 0.29) is 11.7 Å². The second-order valence-electron chi connectivity index (χ2n) is 7.03. The van der Waals surface area contributed by atoms with Crippen LogP contribution in [0.3, 0.4) is 0 Å². The number of benzene rings is 1. The molecular formula is C22H19N3O2S2. The van der Waals surface area contributed by atoms with Crippen molar-refractivity contribution in [2.75, 3.05) is 31.1 Å². The van der Waals surface area contributed by atoms with Gasteiger partial charge in [-0.2, -0.15) is 11.3 Å². The van der Waals surface area contributed by atoms with Crippen LogP contribution >= 0.6 is 22.7 Å². The highest BCUT2D eigenvalue weighted by Crippen LogP contribution is 2.25. The number of aromatic amines is 1. The summed E-state index contributed by atoms with van der Waals surface area (Å²) in [6.07, 6.45) is 1.74. The highest BCUT2D eigenvalue weighted by Gasteiger charge is 2.23. The zero-order chi connectivity index (χ0) is 19.8. The summed E-state index contributed by atoms with van der Waals surface area (Å²) >= 11 is 3.12. The number of H-pyrrole nitrogens is 1. The van der Waals surface area contributed by atoms with Gasteiger partial charge in [0.1, 0.15) is 0 Å². The summed E-state index contributed by atoms with van der Waals surface area (Å²) in [6, 6.07) is 11.4. The summed E-state index contributed by atoms with van der Waals surface area (Å²) in [5.41, 5.74) is 3.33. The van der Waals surface area contributed by atoms with E-state index < -0.39 is 0 Å². The van der Waals surface area contributed by atoms with Crippen LogP contribution in [-0.2, 0) is 0 Å². The monoisotopic (exact) mass is 421 g/mol. The van der Waals surface area contributed by atoms with E-state index in [0.29, 0.717) is 29.1 Å². The molecule has 29 heavy (non-hydrogen) atoms. The maximum absolute atomic E-state index is 13.1.